The molecule has 0 fully saturated rings. The number of fused-ring (bicyclic) bond motifs is 1. The van der Waals surface area contributed by atoms with E-state index in [1.54, 1.807) is 11.9 Å². The van der Waals surface area contributed by atoms with Crippen LogP contribution in [-0.2, 0) is 16.0 Å². The Labute approximate surface area is 95.1 Å². The number of likely N-dealkylation sites (N-methyl/N-ethyl adjacent to an activating group) is 1. The van der Waals surface area contributed by atoms with E-state index < -0.39 is 0 Å². The van der Waals surface area contributed by atoms with Crippen molar-refractivity contribution in [3.8, 4) is 0 Å². The second-order valence-electron chi connectivity index (χ2n) is 4.32. The zero-order chi connectivity index (χ0) is 11.7. The molecule has 0 N–H and O–H groups in total. The van der Waals surface area contributed by atoms with E-state index in [4.69, 9.17) is 0 Å². The van der Waals surface area contributed by atoms with Gasteiger partial charge in [-0.3, -0.25) is 4.79 Å². The number of carbonyl (C=O) groups excluding carboxylic acids is 2. The van der Waals surface area contributed by atoms with Crippen LogP contribution < -0.4 is 4.90 Å². The Balaban J connectivity index is 2.33. The lowest BCUT2D eigenvalue weighted by atomic mass is 9.96. The highest BCUT2D eigenvalue weighted by atomic mass is 16.2. The average Bonchev–Trinajstić information content (AvgIpc) is 2.55. The molecule has 3 heteroatoms. The molecule has 0 bridgehead atoms. The van der Waals surface area contributed by atoms with Gasteiger partial charge in [-0.05, 0) is 23.1 Å². The van der Waals surface area contributed by atoms with Gasteiger partial charge in [-0.15, -0.1) is 0 Å². The maximum Gasteiger partial charge on any atom is 0.231 e. The lowest BCUT2D eigenvalue weighted by molar-refractivity contribution is -0.117. The Hall–Kier alpha value is -1.64. The van der Waals surface area contributed by atoms with E-state index in [0.717, 1.165) is 23.1 Å². The second-order valence-corrected chi connectivity index (χ2v) is 4.32. The summed E-state index contributed by atoms with van der Waals surface area (Å²) in [6, 6.07) is 6.03. The van der Waals surface area contributed by atoms with Gasteiger partial charge in [0.15, 0.2) is 0 Å². The molecule has 1 aromatic rings. The predicted molar refractivity (Wildman–Crippen MR) is 62.7 cm³/mol. The Morgan fingerprint density at radius 2 is 2.25 bits per heavy atom. The monoisotopic (exact) mass is 217 g/mol. The zero-order valence-electron chi connectivity index (χ0n) is 9.56. The molecule has 2 rings (SSSR count). The molecular weight excluding hydrogens is 202 g/mol. The molecule has 1 atom stereocenters. The lowest BCUT2D eigenvalue weighted by Crippen LogP contribution is -2.20. The van der Waals surface area contributed by atoms with E-state index in [1.165, 1.54) is 0 Å². The molecular formula is C13H15NO2. The van der Waals surface area contributed by atoms with E-state index in [0.29, 0.717) is 12.8 Å². The number of aldehydes is 1. The van der Waals surface area contributed by atoms with Crippen LogP contribution in [0.25, 0.3) is 0 Å². The van der Waals surface area contributed by atoms with E-state index in [-0.39, 0.29) is 11.8 Å². The molecule has 0 aromatic heterocycles. The summed E-state index contributed by atoms with van der Waals surface area (Å²) in [6.45, 7) is 2.02. The summed E-state index contributed by atoms with van der Waals surface area (Å²) in [7, 11) is 1.79. The van der Waals surface area contributed by atoms with Crippen molar-refractivity contribution >= 4 is 17.9 Å². The Kier molecular flexibility index (Phi) is 2.77. The topological polar surface area (TPSA) is 37.4 Å². The third-order valence-corrected chi connectivity index (χ3v) is 3.21. The third kappa shape index (κ3) is 1.73. The Bertz CT molecular complexity index is 440. The van der Waals surface area contributed by atoms with Crippen LogP contribution in [-0.4, -0.2) is 19.2 Å². The Morgan fingerprint density at radius 3 is 2.94 bits per heavy atom. The minimum atomic E-state index is 0.134. The first-order valence-corrected chi connectivity index (χ1v) is 5.46. The van der Waals surface area contributed by atoms with Crippen molar-refractivity contribution in [1.82, 2.24) is 0 Å². The summed E-state index contributed by atoms with van der Waals surface area (Å²) in [6.07, 6.45) is 1.96. The van der Waals surface area contributed by atoms with Crippen molar-refractivity contribution in [3.05, 3.63) is 29.3 Å². The predicted octanol–water partition coefficient (Wildman–Crippen LogP) is 1.90. The van der Waals surface area contributed by atoms with Crippen molar-refractivity contribution in [3.63, 3.8) is 0 Å². The minimum absolute atomic E-state index is 0.134. The molecule has 1 amide bonds. The van der Waals surface area contributed by atoms with Crippen LogP contribution in [0, 0.1) is 0 Å². The summed E-state index contributed by atoms with van der Waals surface area (Å²) in [5, 5.41) is 0. The van der Waals surface area contributed by atoms with Gasteiger partial charge in [0, 0.05) is 19.2 Å². The van der Waals surface area contributed by atoms with Crippen LogP contribution in [0.15, 0.2) is 18.2 Å². The van der Waals surface area contributed by atoms with Gasteiger partial charge in [0.05, 0.1) is 6.42 Å². The summed E-state index contributed by atoms with van der Waals surface area (Å²) < 4.78 is 0. The minimum Gasteiger partial charge on any atom is -0.315 e. The summed E-state index contributed by atoms with van der Waals surface area (Å²) in [5.41, 5.74) is 3.18. The van der Waals surface area contributed by atoms with Gasteiger partial charge in [-0.25, -0.2) is 0 Å². The number of rotatable bonds is 3. The Morgan fingerprint density at radius 1 is 1.50 bits per heavy atom. The van der Waals surface area contributed by atoms with Crippen molar-refractivity contribution in [2.45, 2.75) is 25.7 Å². The SMILES string of the molecule is CC(CC=O)c1ccc2c(c1)N(C)C(=O)C2. The lowest BCUT2D eigenvalue weighted by Gasteiger charge is -2.14. The van der Waals surface area contributed by atoms with Crippen LogP contribution in [0.1, 0.15) is 30.4 Å². The fraction of sp³-hybridized carbons (Fsp3) is 0.385. The highest BCUT2D eigenvalue weighted by Gasteiger charge is 2.24. The first-order chi connectivity index (χ1) is 7.63. The maximum absolute atomic E-state index is 11.5. The molecule has 1 heterocycles. The number of benzene rings is 1. The van der Waals surface area contributed by atoms with Crippen LogP contribution in [0.2, 0.25) is 0 Å². The van der Waals surface area contributed by atoms with Crippen molar-refractivity contribution in [2.75, 3.05) is 11.9 Å². The number of hydrogen-bond donors (Lipinski definition) is 0. The fourth-order valence-corrected chi connectivity index (χ4v) is 2.05. The highest BCUT2D eigenvalue weighted by Crippen LogP contribution is 2.31. The van der Waals surface area contributed by atoms with Gasteiger partial charge in [0.25, 0.3) is 0 Å². The van der Waals surface area contributed by atoms with Gasteiger partial charge in [0.2, 0.25) is 5.91 Å². The summed E-state index contributed by atoms with van der Waals surface area (Å²) >= 11 is 0. The van der Waals surface area contributed by atoms with Crippen LogP contribution in [0.3, 0.4) is 0 Å². The largest absolute Gasteiger partial charge is 0.315 e. The normalized spacial score (nSPS) is 16.1. The van der Waals surface area contributed by atoms with Crippen molar-refractivity contribution < 1.29 is 9.59 Å². The number of amides is 1. The maximum atomic E-state index is 11.5. The smallest absolute Gasteiger partial charge is 0.231 e. The molecule has 0 spiro atoms. The number of carbonyl (C=O) groups is 2. The number of anilines is 1. The molecule has 0 radical (unpaired) electrons. The molecule has 1 aliphatic rings. The fourth-order valence-electron chi connectivity index (χ4n) is 2.05. The van der Waals surface area contributed by atoms with Gasteiger partial charge in [0.1, 0.15) is 6.29 Å². The molecule has 16 heavy (non-hydrogen) atoms. The number of hydrogen-bond acceptors (Lipinski definition) is 2. The van der Waals surface area contributed by atoms with E-state index in [2.05, 4.69) is 0 Å². The molecule has 1 aromatic carbocycles. The highest BCUT2D eigenvalue weighted by molar-refractivity contribution is 6.01. The van der Waals surface area contributed by atoms with Crippen LogP contribution in [0.5, 0.6) is 0 Å². The molecule has 1 unspecified atom stereocenters. The van der Waals surface area contributed by atoms with Crippen molar-refractivity contribution in [2.24, 2.45) is 0 Å². The molecule has 84 valence electrons. The molecule has 3 nitrogen and oxygen atoms in total. The van der Waals surface area contributed by atoms with Crippen LogP contribution >= 0.6 is 0 Å². The summed E-state index contributed by atoms with van der Waals surface area (Å²) in [4.78, 5) is 23.7. The van der Waals surface area contributed by atoms with Gasteiger partial charge in [-0.2, -0.15) is 0 Å². The van der Waals surface area contributed by atoms with E-state index in [9.17, 15) is 9.59 Å². The molecule has 0 aliphatic carbocycles. The number of nitrogens with zero attached hydrogens (tertiary/aromatic N) is 1. The zero-order valence-corrected chi connectivity index (χ0v) is 9.56. The first-order valence-electron chi connectivity index (χ1n) is 5.46. The standard InChI is InChI=1S/C13H15NO2/c1-9(5-6-15)10-3-4-11-8-13(16)14(2)12(11)7-10/h3-4,6-7,9H,5,8H2,1-2H3. The summed E-state index contributed by atoms with van der Waals surface area (Å²) in [5.74, 6) is 0.349. The van der Waals surface area contributed by atoms with Gasteiger partial charge in [-0.1, -0.05) is 19.1 Å². The molecule has 0 saturated carbocycles. The van der Waals surface area contributed by atoms with Gasteiger partial charge < -0.3 is 9.69 Å². The van der Waals surface area contributed by atoms with Crippen molar-refractivity contribution in [1.29, 1.82) is 0 Å². The van der Waals surface area contributed by atoms with Crippen LogP contribution in [0.4, 0.5) is 5.69 Å². The average molecular weight is 217 g/mol. The van der Waals surface area contributed by atoms with Gasteiger partial charge >= 0.3 is 0 Å². The van der Waals surface area contributed by atoms with E-state index in [1.807, 2.05) is 25.1 Å². The van der Waals surface area contributed by atoms with E-state index >= 15 is 0 Å². The second kappa shape index (κ2) is 4.08. The first kappa shape index (κ1) is 10.9. The molecule has 0 saturated heterocycles. The quantitative estimate of drug-likeness (QED) is 0.725. The third-order valence-electron chi connectivity index (χ3n) is 3.21. The molecule has 1 aliphatic heterocycles.